The molecule has 5 atom stereocenters. The number of nitrogens with one attached hydrogen (secondary N) is 2. The van der Waals surface area contributed by atoms with Gasteiger partial charge in [0.1, 0.15) is 23.9 Å². The van der Waals surface area contributed by atoms with Gasteiger partial charge in [0.15, 0.2) is 11.6 Å². The Labute approximate surface area is 152 Å². The number of fused-ring (bicyclic) bond motifs is 1. The molecule has 0 saturated heterocycles. The van der Waals surface area contributed by atoms with Gasteiger partial charge in [-0.15, -0.1) is 0 Å². The van der Waals surface area contributed by atoms with Crippen molar-refractivity contribution in [2.24, 2.45) is 5.92 Å². The highest BCUT2D eigenvalue weighted by Gasteiger charge is 2.45. The quantitative estimate of drug-likeness (QED) is 0.471. The SMILES string of the molecule is O[C@@H]1C([C@@H](O)c2ccc(F)c(F)c2)CC(Nc2ncnc3[nH]ccc23)[C@@H]1O. The van der Waals surface area contributed by atoms with Gasteiger partial charge in [-0.2, -0.15) is 0 Å². The monoisotopic (exact) mass is 376 g/mol. The second kappa shape index (κ2) is 6.84. The van der Waals surface area contributed by atoms with E-state index in [0.29, 0.717) is 11.5 Å². The number of hydrogen-bond donors (Lipinski definition) is 5. The molecule has 1 aromatic carbocycles. The van der Waals surface area contributed by atoms with Gasteiger partial charge in [0.05, 0.1) is 23.6 Å². The minimum atomic E-state index is -1.26. The maximum absolute atomic E-state index is 13.5. The largest absolute Gasteiger partial charge is 0.390 e. The van der Waals surface area contributed by atoms with Gasteiger partial charge in [-0.1, -0.05) is 6.07 Å². The average molecular weight is 376 g/mol. The van der Waals surface area contributed by atoms with Gasteiger partial charge in [-0.3, -0.25) is 0 Å². The molecule has 1 aliphatic rings. The van der Waals surface area contributed by atoms with E-state index in [2.05, 4.69) is 20.3 Å². The molecular formula is C18H18F2N4O3. The van der Waals surface area contributed by atoms with Crippen LogP contribution >= 0.6 is 0 Å². The predicted molar refractivity (Wildman–Crippen MR) is 92.7 cm³/mol. The summed E-state index contributed by atoms with van der Waals surface area (Å²) in [4.78, 5) is 11.2. The molecule has 0 spiro atoms. The van der Waals surface area contributed by atoms with Crippen molar-refractivity contribution < 1.29 is 24.1 Å². The maximum atomic E-state index is 13.5. The van der Waals surface area contributed by atoms with E-state index in [1.165, 1.54) is 12.4 Å². The van der Waals surface area contributed by atoms with E-state index in [1.807, 2.05) is 0 Å². The summed E-state index contributed by atoms with van der Waals surface area (Å²) in [5.74, 6) is -2.37. The van der Waals surface area contributed by atoms with E-state index in [0.717, 1.165) is 17.5 Å². The molecule has 2 heterocycles. The van der Waals surface area contributed by atoms with E-state index in [4.69, 9.17) is 0 Å². The van der Waals surface area contributed by atoms with E-state index in [-0.39, 0.29) is 12.0 Å². The summed E-state index contributed by atoms with van der Waals surface area (Å²) in [6.07, 6.45) is -0.382. The van der Waals surface area contributed by atoms with Crippen LogP contribution < -0.4 is 5.32 Å². The number of benzene rings is 1. The lowest BCUT2D eigenvalue weighted by Crippen LogP contribution is -2.36. The molecule has 2 aromatic heterocycles. The van der Waals surface area contributed by atoms with Crippen LogP contribution in [0.5, 0.6) is 0 Å². The van der Waals surface area contributed by atoms with Crippen molar-refractivity contribution in [2.45, 2.75) is 30.8 Å². The fraction of sp³-hybridized carbons (Fsp3) is 0.333. The third-order valence-electron chi connectivity index (χ3n) is 5.09. The number of H-pyrrole nitrogens is 1. The van der Waals surface area contributed by atoms with Crippen LogP contribution in [0.15, 0.2) is 36.8 Å². The Hall–Kier alpha value is -2.62. The number of aromatic nitrogens is 3. The highest BCUT2D eigenvalue weighted by Crippen LogP contribution is 2.38. The smallest absolute Gasteiger partial charge is 0.159 e. The number of aliphatic hydroxyl groups excluding tert-OH is 3. The van der Waals surface area contributed by atoms with Crippen molar-refractivity contribution in [1.82, 2.24) is 15.0 Å². The van der Waals surface area contributed by atoms with Gasteiger partial charge in [0, 0.05) is 12.1 Å². The molecule has 142 valence electrons. The molecule has 3 aromatic rings. The van der Waals surface area contributed by atoms with Crippen LogP contribution in [0.25, 0.3) is 11.0 Å². The summed E-state index contributed by atoms with van der Waals surface area (Å²) in [7, 11) is 0. The number of nitrogens with zero attached hydrogens (tertiary/aromatic N) is 2. The Morgan fingerprint density at radius 1 is 1.11 bits per heavy atom. The van der Waals surface area contributed by atoms with Crippen LogP contribution in [0.2, 0.25) is 0 Å². The van der Waals surface area contributed by atoms with Gasteiger partial charge < -0.3 is 25.6 Å². The van der Waals surface area contributed by atoms with Gasteiger partial charge >= 0.3 is 0 Å². The molecule has 7 nitrogen and oxygen atoms in total. The molecule has 5 N–H and O–H groups in total. The maximum Gasteiger partial charge on any atom is 0.159 e. The minimum absolute atomic E-state index is 0.140. The number of aliphatic hydroxyl groups is 3. The van der Waals surface area contributed by atoms with E-state index >= 15 is 0 Å². The lowest BCUT2D eigenvalue weighted by Gasteiger charge is -2.22. The predicted octanol–water partition coefficient (Wildman–Crippen LogP) is 1.49. The van der Waals surface area contributed by atoms with Gasteiger partial charge in [0.2, 0.25) is 0 Å². The summed E-state index contributed by atoms with van der Waals surface area (Å²) >= 11 is 0. The van der Waals surface area contributed by atoms with Crippen LogP contribution in [-0.4, -0.2) is 48.5 Å². The molecule has 9 heteroatoms. The van der Waals surface area contributed by atoms with Crippen molar-refractivity contribution >= 4 is 16.9 Å². The molecule has 0 radical (unpaired) electrons. The number of hydrogen-bond acceptors (Lipinski definition) is 6. The van der Waals surface area contributed by atoms with E-state index in [9.17, 15) is 24.1 Å². The number of halogens is 2. The molecule has 1 saturated carbocycles. The van der Waals surface area contributed by atoms with E-state index in [1.54, 1.807) is 12.3 Å². The lowest BCUT2D eigenvalue weighted by atomic mass is 9.92. The molecule has 0 amide bonds. The first-order valence-electron chi connectivity index (χ1n) is 8.49. The van der Waals surface area contributed by atoms with E-state index < -0.39 is 41.9 Å². The number of rotatable bonds is 4. The third kappa shape index (κ3) is 3.14. The van der Waals surface area contributed by atoms with Gasteiger partial charge in [0.25, 0.3) is 0 Å². The Bertz CT molecular complexity index is 967. The zero-order valence-corrected chi connectivity index (χ0v) is 14.0. The number of anilines is 1. The summed E-state index contributed by atoms with van der Waals surface area (Å²) in [5.41, 5.74) is 0.764. The van der Waals surface area contributed by atoms with Crippen LogP contribution in [0.1, 0.15) is 18.1 Å². The van der Waals surface area contributed by atoms with Gasteiger partial charge in [-0.25, -0.2) is 18.7 Å². The first-order chi connectivity index (χ1) is 13.0. The molecule has 1 fully saturated rings. The normalized spacial score (nSPS) is 26.4. The Kier molecular flexibility index (Phi) is 4.50. The first kappa shape index (κ1) is 17.8. The topological polar surface area (TPSA) is 114 Å². The highest BCUT2D eigenvalue weighted by molar-refractivity contribution is 5.86. The van der Waals surface area contributed by atoms with Crippen molar-refractivity contribution in [3.63, 3.8) is 0 Å². The average Bonchev–Trinajstić information content (AvgIpc) is 3.24. The van der Waals surface area contributed by atoms with Crippen molar-refractivity contribution in [3.8, 4) is 0 Å². The summed E-state index contributed by atoms with van der Waals surface area (Å²) in [6, 6.07) is 4.27. The van der Waals surface area contributed by atoms with Crippen molar-refractivity contribution in [3.05, 3.63) is 54.0 Å². The van der Waals surface area contributed by atoms with Crippen molar-refractivity contribution in [2.75, 3.05) is 5.32 Å². The van der Waals surface area contributed by atoms with Gasteiger partial charge in [-0.05, 0) is 30.2 Å². The molecule has 1 aliphatic carbocycles. The zero-order chi connectivity index (χ0) is 19.1. The van der Waals surface area contributed by atoms with Crippen LogP contribution in [0.4, 0.5) is 14.6 Å². The van der Waals surface area contributed by atoms with Crippen molar-refractivity contribution in [1.29, 1.82) is 0 Å². The summed E-state index contributed by atoms with van der Waals surface area (Å²) in [6.45, 7) is 0. The fourth-order valence-electron chi connectivity index (χ4n) is 3.63. The minimum Gasteiger partial charge on any atom is -0.390 e. The Balaban J connectivity index is 1.55. The Morgan fingerprint density at radius 3 is 2.70 bits per heavy atom. The summed E-state index contributed by atoms with van der Waals surface area (Å²) in [5, 5.41) is 35.1. The molecule has 0 aliphatic heterocycles. The molecule has 27 heavy (non-hydrogen) atoms. The Morgan fingerprint density at radius 2 is 1.93 bits per heavy atom. The molecular weight excluding hydrogens is 358 g/mol. The first-order valence-corrected chi connectivity index (χ1v) is 8.49. The second-order valence-corrected chi connectivity index (χ2v) is 6.71. The molecule has 4 rings (SSSR count). The second-order valence-electron chi connectivity index (χ2n) is 6.71. The highest BCUT2D eigenvalue weighted by atomic mass is 19.2. The van der Waals surface area contributed by atoms with Crippen LogP contribution in [-0.2, 0) is 0 Å². The zero-order valence-electron chi connectivity index (χ0n) is 14.0. The standard InChI is InChI=1S/C18H18F2N4O3/c19-11-2-1-8(5-12(11)20)14(25)10-6-13(16(27)15(10)26)24-18-9-3-4-21-17(9)22-7-23-18/h1-5,7,10,13-16,25-27H,6H2,(H2,21,22,23,24)/t10?,13?,14-,15+,16-/m0/s1. The fourth-order valence-corrected chi connectivity index (χ4v) is 3.63. The van der Waals surface area contributed by atoms with Crippen LogP contribution in [0.3, 0.4) is 0 Å². The summed E-state index contributed by atoms with van der Waals surface area (Å²) < 4.78 is 26.6. The van der Waals surface area contributed by atoms with Crippen LogP contribution in [0, 0.1) is 17.6 Å². The lowest BCUT2D eigenvalue weighted by molar-refractivity contribution is -0.0222. The number of aromatic amines is 1. The molecule has 0 bridgehead atoms. The molecule has 2 unspecified atom stereocenters. The third-order valence-corrected chi connectivity index (χ3v) is 5.09.